The Morgan fingerprint density at radius 2 is 1.38 bits per heavy atom. The third-order valence-corrected chi connectivity index (χ3v) is 3.23. The molecule has 0 bridgehead atoms. The van der Waals surface area contributed by atoms with Crippen LogP contribution in [0.3, 0.4) is 0 Å². The molecule has 1 aliphatic rings. The standard InChI is InChI=1S/C15H8F3NO2/c16-15(17,18)9-4-3-5-10(8-9)19-13(20)11-6-1-2-7-12(11)14(19)21/h1-8H. The van der Waals surface area contributed by atoms with Crippen molar-refractivity contribution in [2.45, 2.75) is 6.18 Å². The van der Waals surface area contributed by atoms with Gasteiger partial charge in [0.25, 0.3) is 11.8 Å². The van der Waals surface area contributed by atoms with Gasteiger partial charge < -0.3 is 0 Å². The molecule has 1 heterocycles. The van der Waals surface area contributed by atoms with Crippen LogP contribution in [-0.4, -0.2) is 11.8 Å². The van der Waals surface area contributed by atoms with Crippen LogP contribution in [0.4, 0.5) is 18.9 Å². The zero-order valence-electron chi connectivity index (χ0n) is 10.5. The molecule has 3 rings (SSSR count). The van der Waals surface area contributed by atoms with E-state index in [9.17, 15) is 22.8 Å². The van der Waals surface area contributed by atoms with E-state index >= 15 is 0 Å². The summed E-state index contributed by atoms with van der Waals surface area (Å²) in [4.78, 5) is 25.1. The zero-order chi connectivity index (χ0) is 15.2. The highest BCUT2D eigenvalue weighted by Crippen LogP contribution is 2.34. The van der Waals surface area contributed by atoms with E-state index in [0.29, 0.717) is 0 Å². The summed E-state index contributed by atoms with van der Waals surface area (Å²) in [5, 5.41) is 0. The third-order valence-electron chi connectivity index (χ3n) is 3.23. The van der Waals surface area contributed by atoms with Crippen LogP contribution in [0.15, 0.2) is 48.5 Å². The van der Waals surface area contributed by atoms with E-state index in [4.69, 9.17) is 0 Å². The number of amides is 2. The minimum atomic E-state index is -4.53. The fraction of sp³-hybridized carbons (Fsp3) is 0.0667. The molecule has 0 radical (unpaired) electrons. The van der Waals surface area contributed by atoms with Gasteiger partial charge in [-0.2, -0.15) is 13.2 Å². The van der Waals surface area contributed by atoms with Gasteiger partial charge in [0.15, 0.2) is 0 Å². The SMILES string of the molecule is O=C1c2ccccc2C(=O)N1c1cccc(C(F)(F)F)c1. The van der Waals surface area contributed by atoms with E-state index in [1.54, 1.807) is 12.1 Å². The summed E-state index contributed by atoms with van der Waals surface area (Å²) in [6.45, 7) is 0. The van der Waals surface area contributed by atoms with E-state index in [2.05, 4.69) is 0 Å². The average molecular weight is 291 g/mol. The Hall–Kier alpha value is -2.63. The maximum atomic E-state index is 12.7. The Morgan fingerprint density at radius 3 is 1.90 bits per heavy atom. The number of benzene rings is 2. The molecule has 2 amide bonds. The summed E-state index contributed by atoms with van der Waals surface area (Å²) in [6.07, 6.45) is -4.53. The minimum absolute atomic E-state index is 0.0870. The number of hydrogen-bond donors (Lipinski definition) is 0. The van der Waals surface area contributed by atoms with Crippen LogP contribution >= 0.6 is 0 Å². The Balaban J connectivity index is 2.08. The van der Waals surface area contributed by atoms with Gasteiger partial charge in [0.05, 0.1) is 22.4 Å². The lowest BCUT2D eigenvalue weighted by atomic mass is 10.1. The van der Waals surface area contributed by atoms with Crippen molar-refractivity contribution >= 4 is 17.5 Å². The number of rotatable bonds is 1. The molecule has 0 N–H and O–H groups in total. The van der Waals surface area contributed by atoms with Gasteiger partial charge in [-0.15, -0.1) is 0 Å². The van der Waals surface area contributed by atoms with Crippen molar-refractivity contribution in [2.24, 2.45) is 0 Å². The molecule has 21 heavy (non-hydrogen) atoms. The lowest BCUT2D eigenvalue weighted by molar-refractivity contribution is -0.137. The minimum Gasteiger partial charge on any atom is -0.268 e. The van der Waals surface area contributed by atoms with Crippen LogP contribution in [-0.2, 0) is 6.18 Å². The van der Waals surface area contributed by atoms with Gasteiger partial charge in [0, 0.05) is 0 Å². The summed E-state index contributed by atoms with van der Waals surface area (Å²) < 4.78 is 38.2. The van der Waals surface area contributed by atoms with Crippen LogP contribution in [0.1, 0.15) is 26.3 Å². The van der Waals surface area contributed by atoms with E-state index in [1.807, 2.05) is 0 Å². The third kappa shape index (κ3) is 2.08. The Bertz CT molecular complexity index is 718. The Labute approximate surface area is 117 Å². The molecule has 0 atom stereocenters. The van der Waals surface area contributed by atoms with Gasteiger partial charge in [0.1, 0.15) is 0 Å². The Morgan fingerprint density at radius 1 is 0.810 bits per heavy atom. The Kier molecular flexibility index (Phi) is 2.83. The molecule has 0 fully saturated rings. The number of carbonyl (C=O) groups is 2. The van der Waals surface area contributed by atoms with E-state index in [0.717, 1.165) is 17.0 Å². The number of carbonyl (C=O) groups excluding carboxylic acids is 2. The average Bonchev–Trinajstić information content (AvgIpc) is 2.71. The molecule has 0 saturated carbocycles. The fourth-order valence-corrected chi connectivity index (χ4v) is 2.25. The summed E-state index contributed by atoms with van der Waals surface area (Å²) in [5.41, 5.74) is -0.604. The second kappa shape index (κ2) is 4.44. The molecular weight excluding hydrogens is 283 g/mol. The van der Waals surface area contributed by atoms with Crippen molar-refractivity contribution in [3.8, 4) is 0 Å². The molecule has 106 valence electrons. The highest BCUT2D eigenvalue weighted by atomic mass is 19.4. The van der Waals surface area contributed by atoms with Crippen molar-refractivity contribution in [3.05, 3.63) is 65.2 Å². The van der Waals surface area contributed by atoms with Crippen molar-refractivity contribution in [3.63, 3.8) is 0 Å². The van der Waals surface area contributed by atoms with E-state index in [1.165, 1.54) is 24.3 Å². The first kappa shape index (κ1) is 13.4. The molecule has 6 heteroatoms. The predicted molar refractivity (Wildman–Crippen MR) is 69.0 cm³/mol. The molecule has 0 unspecified atom stereocenters. The maximum absolute atomic E-state index is 12.7. The van der Waals surface area contributed by atoms with Crippen LogP contribution in [0.5, 0.6) is 0 Å². The van der Waals surface area contributed by atoms with Gasteiger partial charge in [-0.05, 0) is 30.3 Å². The smallest absolute Gasteiger partial charge is 0.268 e. The van der Waals surface area contributed by atoms with E-state index in [-0.39, 0.29) is 16.8 Å². The first-order valence-electron chi connectivity index (χ1n) is 6.04. The zero-order valence-corrected chi connectivity index (χ0v) is 10.5. The van der Waals surface area contributed by atoms with Crippen LogP contribution < -0.4 is 4.90 Å². The lowest BCUT2D eigenvalue weighted by Gasteiger charge is -2.15. The summed E-state index contributed by atoms with van der Waals surface area (Å²) in [7, 11) is 0. The predicted octanol–water partition coefficient (Wildman–Crippen LogP) is 3.51. The van der Waals surface area contributed by atoms with Gasteiger partial charge in [-0.25, -0.2) is 4.90 Å². The van der Waals surface area contributed by atoms with Gasteiger partial charge in [-0.3, -0.25) is 9.59 Å². The topological polar surface area (TPSA) is 37.4 Å². The largest absolute Gasteiger partial charge is 0.416 e. The second-order valence-electron chi connectivity index (χ2n) is 4.54. The summed E-state index contributed by atoms with van der Waals surface area (Å²) in [5.74, 6) is -1.23. The molecule has 0 aliphatic carbocycles. The number of hydrogen-bond acceptors (Lipinski definition) is 2. The fourth-order valence-electron chi connectivity index (χ4n) is 2.25. The second-order valence-corrected chi connectivity index (χ2v) is 4.54. The number of fused-ring (bicyclic) bond motifs is 1. The van der Waals surface area contributed by atoms with Crippen molar-refractivity contribution in [2.75, 3.05) is 4.90 Å². The summed E-state index contributed by atoms with van der Waals surface area (Å²) >= 11 is 0. The molecule has 0 saturated heterocycles. The quantitative estimate of drug-likeness (QED) is 0.754. The molecule has 2 aromatic carbocycles. The number of alkyl halides is 3. The number of halogens is 3. The monoisotopic (exact) mass is 291 g/mol. The van der Waals surface area contributed by atoms with Gasteiger partial charge in [0.2, 0.25) is 0 Å². The first-order valence-corrected chi connectivity index (χ1v) is 6.04. The molecule has 3 nitrogen and oxygen atoms in total. The van der Waals surface area contributed by atoms with Gasteiger partial charge in [-0.1, -0.05) is 18.2 Å². The summed E-state index contributed by atoms with van der Waals surface area (Å²) in [6, 6.07) is 10.3. The van der Waals surface area contributed by atoms with Gasteiger partial charge >= 0.3 is 6.18 Å². The normalized spacial score (nSPS) is 14.5. The molecule has 0 spiro atoms. The van der Waals surface area contributed by atoms with E-state index < -0.39 is 23.6 Å². The molecule has 0 aromatic heterocycles. The number of anilines is 1. The highest BCUT2D eigenvalue weighted by Gasteiger charge is 2.37. The molecule has 1 aliphatic heterocycles. The number of imide groups is 1. The highest BCUT2D eigenvalue weighted by molar-refractivity contribution is 6.34. The maximum Gasteiger partial charge on any atom is 0.416 e. The van der Waals surface area contributed by atoms with Crippen LogP contribution in [0, 0.1) is 0 Å². The lowest BCUT2D eigenvalue weighted by Crippen LogP contribution is -2.29. The van der Waals surface area contributed by atoms with Crippen LogP contribution in [0.2, 0.25) is 0 Å². The molecular formula is C15H8F3NO2. The molecule has 2 aromatic rings. The van der Waals surface area contributed by atoms with Crippen molar-refractivity contribution in [1.29, 1.82) is 0 Å². The number of nitrogens with zero attached hydrogens (tertiary/aromatic N) is 1. The van der Waals surface area contributed by atoms with Crippen molar-refractivity contribution < 1.29 is 22.8 Å². The van der Waals surface area contributed by atoms with Crippen LogP contribution in [0.25, 0.3) is 0 Å². The first-order chi connectivity index (χ1) is 9.89. The van der Waals surface area contributed by atoms with Crippen molar-refractivity contribution in [1.82, 2.24) is 0 Å².